The second-order valence-electron chi connectivity index (χ2n) is 7.99. The summed E-state index contributed by atoms with van der Waals surface area (Å²) in [6.45, 7) is 3.90. The summed E-state index contributed by atoms with van der Waals surface area (Å²) in [7, 11) is 0. The van der Waals surface area contributed by atoms with Crippen molar-refractivity contribution in [2.45, 2.75) is 53.6 Å². The maximum Gasteiger partial charge on any atom is 0.335 e. The van der Waals surface area contributed by atoms with Gasteiger partial charge in [0, 0.05) is 15.7 Å². The van der Waals surface area contributed by atoms with E-state index in [0.29, 0.717) is 5.92 Å². The van der Waals surface area contributed by atoms with E-state index >= 15 is 0 Å². The fourth-order valence-electron chi connectivity index (χ4n) is 4.12. The van der Waals surface area contributed by atoms with Crippen LogP contribution < -0.4 is 0 Å². The van der Waals surface area contributed by atoms with Gasteiger partial charge >= 0.3 is 11.9 Å². The molecule has 0 bridgehead atoms. The lowest BCUT2D eigenvalue weighted by molar-refractivity contribution is -0.165. The molecule has 7 nitrogen and oxygen atoms in total. The van der Waals surface area contributed by atoms with E-state index in [1.54, 1.807) is 0 Å². The normalized spacial score (nSPS) is 17.4. The third-order valence-electron chi connectivity index (χ3n) is 5.78. The van der Waals surface area contributed by atoms with Crippen molar-refractivity contribution in [1.29, 1.82) is 0 Å². The lowest BCUT2D eigenvalue weighted by Crippen LogP contribution is -2.39. The van der Waals surface area contributed by atoms with Crippen LogP contribution in [0.15, 0.2) is 58.3 Å². The van der Waals surface area contributed by atoms with Gasteiger partial charge in [0.15, 0.2) is 12.2 Å². The molecule has 2 aliphatic rings. The third-order valence-corrected chi connectivity index (χ3v) is 6.96. The molecular formula is C24H29NO6S. The van der Waals surface area contributed by atoms with Gasteiger partial charge in [-0.3, -0.25) is 0 Å². The Kier molecular flexibility index (Phi) is 8.69. The Morgan fingerprint density at radius 2 is 1.34 bits per heavy atom. The first-order chi connectivity index (χ1) is 15.4. The Hall–Kier alpha value is -2.39. The van der Waals surface area contributed by atoms with E-state index in [1.165, 1.54) is 66.2 Å². The molecule has 2 aromatic rings. The molecule has 2 aliphatic heterocycles. The van der Waals surface area contributed by atoms with Crippen molar-refractivity contribution in [3.8, 4) is 0 Å². The second-order valence-corrected chi connectivity index (χ2v) is 9.07. The molecule has 0 aromatic heterocycles. The lowest BCUT2D eigenvalue weighted by atomic mass is 9.87. The van der Waals surface area contributed by atoms with Crippen LogP contribution in [0.3, 0.4) is 0 Å². The first-order valence-corrected chi connectivity index (χ1v) is 11.6. The summed E-state index contributed by atoms with van der Waals surface area (Å²) >= 11 is 1.93. The molecule has 1 fully saturated rings. The molecule has 2 atom stereocenters. The number of hydrogen-bond acceptors (Lipinski definition) is 6. The summed E-state index contributed by atoms with van der Waals surface area (Å²) in [6, 6.07) is 18.0. The van der Waals surface area contributed by atoms with Crippen LogP contribution in [-0.4, -0.2) is 69.1 Å². The summed E-state index contributed by atoms with van der Waals surface area (Å²) < 4.78 is 0. The van der Waals surface area contributed by atoms with Crippen molar-refractivity contribution in [1.82, 2.24) is 4.90 Å². The minimum absolute atomic E-state index is 0.580. The molecule has 2 heterocycles. The largest absolute Gasteiger partial charge is 0.479 e. The van der Waals surface area contributed by atoms with Gasteiger partial charge in [-0.25, -0.2) is 9.59 Å². The number of carbonyl (C=O) groups is 2. The lowest BCUT2D eigenvalue weighted by Gasteiger charge is -2.28. The number of carboxylic acid groups (broad SMARTS) is 2. The minimum Gasteiger partial charge on any atom is -0.479 e. The number of aliphatic hydroxyl groups excluding tert-OH is 2. The Labute approximate surface area is 191 Å². The average Bonchev–Trinajstić information content (AvgIpc) is 3.31. The van der Waals surface area contributed by atoms with E-state index in [0.717, 1.165) is 0 Å². The predicted octanol–water partition coefficient (Wildman–Crippen LogP) is 3.04. The summed E-state index contributed by atoms with van der Waals surface area (Å²) in [6.07, 6.45) is 0.829. The van der Waals surface area contributed by atoms with E-state index in [1.807, 2.05) is 11.8 Å². The molecule has 8 heteroatoms. The van der Waals surface area contributed by atoms with Crippen LogP contribution in [0, 0.1) is 0 Å². The number of aliphatic hydroxyl groups is 2. The molecule has 32 heavy (non-hydrogen) atoms. The van der Waals surface area contributed by atoms with E-state index in [4.69, 9.17) is 20.4 Å². The molecule has 1 saturated heterocycles. The van der Waals surface area contributed by atoms with Gasteiger partial charge in [0.1, 0.15) is 0 Å². The van der Waals surface area contributed by atoms with Crippen molar-refractivity contribution in [3.05, 3.63) is 59.7 Å². The number of rotatable bonds is 7. The van der Waals surface area contributed by atoms with Crippen LogP contribution in [0.1, 0.15) is 42.7 Å². The predicted molar refractivity (Wildman–Crippen MR) is 121 cm³/mol. The highest BCUT2D eigenvalue weighted by Crippen LogP contribution is 2.47. The topological polar surface area (TPSA) is 118 Å². The fourth-order valence-corrected chi connectivity index (χ4v) is 5.30. The molecule has 172 valence electrons. The Morgan fingerprint density at radius 3 is 1.81 bits per heavy atom. The van der Waals surface area contributed by atoms with Gasteiger partial charge in [-0.05, 0) is 68.6 Å². The zero-order valence-corrected chi connectivity index (χ0v) is 18.6. The molecule has 2 unspecified atom stereocenters. The highest BCUT2D eigenvalue weighted by atomic mass is 32.2. The number of hydrogen-bond donors (Lipinski definition) is 4. The SMILES string of the molecule is O=C(O)C(O)C(O)C(=O)O.c1ccc2c(c1)Sc1ccccc1C2CCCN1CCCC1. The molecule has 0 amide bonds. The van der Waals surface area contributed by atoms with Gasteiger partial charge in [-0.15, -0.1) is 0 Å². The molecule has 0 aliphatic carbocycles. The fraction of sp³-hybridized carbons (Fsp3) is 0.417. The molecule has 0 saturated carbocycles. The quantitative estimate of drug-likeness (QED) is 0.499. The third kappa shape index (κ3) is 6.10. The van der Waals surface area contributed by atoms with Crippen LogP contribution >= 0.6 is 11.8 Å². The Bertz CT molecular complexity index is 867. The second kappa shape index (κ2) is 11.5. The number of likely N-dealkylation sites (tertiary alicyclic amines) is 1. The maximum atomic E-state index is 9.77. The van der Waals surface area contributed by atoms with Gasteiger partial charge in [0.05, 0.1) is 0 Å². The van der Waals surface area contributed by atoms with E-state index in [9.17, 15) is 9.59 Å². The highest BCUT2D eigenvalue weighted by Gasteiger charge is 2.29. The Morgan fingerprint density at radius 1 is 0.875 bits per heavy atom. The molecule has 0 spiro atoms. The van der Waals surface area contributed by atoms with Gasteiger partial charge in [-0.2, -0.15) is 0 Å². The van der Waals surface area contributed by atoms with Gasteiger partial charge in [-0.1, -0.05) is 48.2 Å². The summed E-state index contributed by atoms with van der Waals surface area (Å²) in [5.74, 6) is -2.96. The number of fused-ring (bicyclic) bond motifs is 2. The average molecular weight is 460 g/mol. The summed E-state index contributed by atoms with van der Waals surface area (Å²) in [5, 5.41) is 32.5. The van der Waals surface area contributed by atoms with E-state index < -0.39 is 24.1 Å². The summed E-state index contributed by atoms with van der Waals surface area (Å²) in [5.41, 5.74) is 3.07. The monoisotopic (exact) mass is 459 g/mol. The minimum atomic E-state index is -2.27. The van der Waals surface area contributed by atoms with Crippen molar-refractivity contribution in [3.63, 3.8) is 0 Å². The van der Waals surface area contributed by atoms with Crippen molar-refractivity contribution in [2.75, 3.05) is 19.6 Å². The van der Waals surface area contributed by atoms with Gasteiger partial charge in [0.2, 0.25) is 0 Å². The molecule has 0 radical (unpaired) electrons. The number of nitrogens with zero attached hydrogens (tertiary/aromatic N) is 1. The van der Waals surface area contributed by atoms with Gasteiger partial charge in [0.25, 0.3) is 0 Å². The standard InChI is InChI=1S/C20H23NS.C4H6O6/c1-3-11-19-17(8-1)16(10-7-15-21-13-5-6-14-21)18-9-2-4-12-20(18)22-19;5-1(3(7)8)2(6)4(9)10/h1-4,8-9,11-12,16H,5-7,10,13-15H2;1-2,5-6H,(H,7,8)(H,9,10). The van der Waals surface area contributed by atoms with Crippen molar-refractivity contribution in [2.24, 2.45) is 0 Å². The van der Waals surface area contributed by atoms with Crippen LogP contribution in [0.4, 0.5) is 0 Å². The number of carboxylic acids is 2. The summed E-state index contributed by atoms with van der Waals surface area (Å²) in [4.78, 5) is 25.1. The van der Waals surface area contributed by atoms with Crippen molar-refractivity contribution < 1.29 is 30.0 Å². The van der Waals surface area contributed by atoms with E-state index in [2.05, 4.69) is 53.4 Å². The Balaban J connectivity index is 0.000000247. The van der Waals surface area contributed by atoms with Crippen LogP contribution in [-0.2, 0) is 9.59 Å². The maximum absolute atomic E-state index is 9.77. The van der Waals surface area contributed by atoms with Crippen LogP contribution in [0.25, 0.3) is 0 Å². The highest BCUT2D eigenvalue weighted by molar-refractivity contribution is 7.99. The van der Waals surface area contributed by atoms with Gasteiger partial charge < -0.3 is 25.3 Å². The molecule has 2 aromatic carbocycles. The first kappa shape index (κ1) is 24.3. The number of aliphatic carboxylic acids is 2. The zero-order valence-electron chi connectivity index (χ0n) is 17.8. The van der Waals surface area contributed by atoms with Crippen LogP contribution in [0.2, 0.25) is 0 Å². The molecule has 4 N–H and O–H groups in total. The van der Waals surface area contributed by atoms with E-state index in [-0.39, 0.29) is 0 Å². The zero-order chi connectivity index (χ0) is 23.1. The smallest absolute Gasteiger partial charge is 0.335 e. The first-order valence-electron chi connectivity index (χ1n) is 10.8. The molecular weight excluding hydrogens is 430 g/mol. The van der Waals surface area contributed by atoms with Crippen molar-refractivity contribution >= 4 is 23.7 Å². The van der Waals surface area contributed by atoms with Crippen LogP contribution in [0.5, 0.6) is 0 Å². The number of benzene rings is 2. The molecule has 4 rings (SSSR count).